The molecule has 0 bridgehead atoms. The molecule has 2 heterocycles. The van der Waals surface area contributed by atoms with Crippen LogP contribution < -0.4 is 4.90 Å². The van der Waals surface area contributed by atoms with Crippen LogP contribution in [0.1, 0.15) is 11.3 Å². The van der Waals surface area contributed by atoms with Gasteiger partial charge in [0, 0.05) is 5.38 Å². The first kappa shape index (κ1) is 17.8. The van der Waals surface area contributed by atoms with Gasteiger partial charge in [-0.25, -0.2) is 9.97 Å². The number of hydrogen-bond donors (Lipinski definition) is 0. The third kappa shape index (κ3) is 4.20. The van der Waals surface area contributed by atoms with E-state index in [2.05, 4.69) is 9.97 Å². The zero-order valence-corrected chi connectivity index (χ0v) is 16.3. The van der Waals surface area contributed by atoms with Gasteiger partial charge in [0.1, 0.15) is 5.52 Å². The molecule has 0 atom stereocenters. The summed E-state index contributed by atoms with van der Waals surface area (Å²) >= 11 is 2.78. The van der Waals surface area contributed by atoms with E-state index in [9.17, 15) is 4.79 Å². The molecule has 0 aliphatic carbocycles. The summed E-state index contributed by atoms with van der Waals surface area (Å²) in [4.78, 5) is 23.6. The minimum atomic E-state index is -0.0274. The van der Waals surface area contributed by atoms with E-state index in [1.165, 1.54) is 23.1 Å². The highest BCUT2D eigenvalue weighted by Gasteiger charge is 2.20. The van der Waals surface area contributed by atoms with E-state index in [1.54, 1.807) is 4.90 Å². The number of aryl methyl sites for hydroxylation is 1. The van der Waals surface area contributed by atoms with Gasteiger partial charge in [-0.15, -0.1) is 11.3 Å². The van der Waals surface area contributed by atoms with Crippen molar-refractivity contribution >= 4 is 45.2 Å². The van der Waals surface area contributed by atoms with Crippen molar-refractivity contribution in [1.82, 2.24) is 9.97 Å². The number of anilines is 1. The molecule has 0 saturated heterocycles. The fraction of sp³-hybridized carbons (Fsp3) is 0.150. The average molecular weight is 396 g/mol. The van der Waals surface area contributed by atoms with Crippen molar-refractivity contribution in [3.05, 3.63) is 71.2 Å². The van der Waals surface area contributed by atoms with E-state index in [4.69, 9.17) is 4.42 Å². The highest BCUT2D eigenvalue weighted by atomic mass is 32.2. The third-order valence-electron chi connectivity index (χ3n) is 3.92. The second kappa shape index (κ2) is 7.94. The van der Waals surface area contributed by atoms with Gasteiger partial charge in [0.25, 0.3) is 5.22 Å². The lowest BCUT2D eigenvalue weighted by molar-refractivity contribution is -0.116. The number of fused-ring (bicyclic) bond motifs is 1. The number of oxazole rings is 1. The number of carbonyl (C=O) groups is 1. The summed E-state index contributed by atoms with van der Waals surface area (Å²) in [5, 5.41) is 3.16. The molecule has 0 unspecified atom stereocenters. The van der Waals surface area contributed by atoms with Gasteiger partial charge in [-0.1, -0.05) is 54.2 Å². The number of nitrogens with zero attached hydrogens (tertiary/aromatic N) is 3. The van der Waals surface area contributed by atoms with Crippen molar-refractivity contribution in [2.75, 3.05) is 10.7 Å². The number of thiazole rings is 1. The maximum Gasteiger partial charge on any atom is 0.257 e. The van der Waals surface area contributed by atoms with E-state index in [-0.39, 0.29) is 11.7 Å². The Balaban J connectivity index is 1.51. The van der Waals surface area contributed by atoms with Crippen molar-refractivity contribution in [2.45, 2.75) is 18.7 Å². The van der Waals surface area contributed by atoms with E-state index >= 15 is 0 Å². The molecule has 4 rings (SSSR count). The molecule has 1 amide bonds. The maximum absolute atomic E-state index is 12.9. The molecular formula is C20H17N3O2S2. The smallest absolute Gasteiger partial charge is 0.257 e. The minimum Gasteiger partial charge on any atom is -0.431 e. The van der Waals surface area contributed by atoms with Crippen molar-refractivity contribution in [3.8, 4) is 0 Å². The van der Waals surface area contributed by atoms with Gasteiger partial charge in [0.05, 0.1) is 18.0 Å². The zero-order chi connectivity index (χ0) is 18.6. The number of thioether (sulfide) groups is 1. The molecule has 4 aromatic rings. The van der Waals surface area contributed by atoms with Crippen LogP contribution in [-0.4, -0.2) is 21.6 Å². The van der Waals surface area contributed by atoms with Crippen LogP contribution >= 0.6 is 23.1 Å². The second-order valence-corrected chi connectivity index (χ2v) is 7.74. The van der Waals surface area contributed by atoms with Crippen LogP contribution in [0.4, 0.5) is 5.13 Å². The molecule has 0 fully saturated rings. The van der Waals surface area contributed by atoms with Gasteiger partial charge in [0.2, 0.25) is 5.91 Å². The Bertz CT molecular complexity index is 1030. The lowest BCUT2D eigenvalue weighted by atomic mass is 10.2. The van der Waals surface area contributed by atoms with Crippen LogP contribution in [0.2, 0.25) is 0 Å². The Morgan fingerprint density at radius 1 is 1.11 bits per heavy atom. The number of amides is 1. The Morgan fingerprint density at radius 3 is 2.63 bits per heavy atom. The molecule has 136 valence electrons. The van der Waals surface area contributed by atoms with Crippen LogP contribution in [0.3, 0.4) is 0 Å². The summed E-state index contributed by atoms with van der Waals surface area (Å²) in [5.41, 5.74) is 3.49. The number of aromatic nitrogens is 2. The first-order valence-electron chi connectivity index (χ1n) is 8.44. The minimum absolute atomic E-state index is 0.0274. The normalized spacial score (nSPS) is 11.0. The van der Waals surface area contributed by atoms with Gasteiger partial charge in [-0.05, 0) is 24.6 Å². The molecule has 2 aromatic heterocycles. The largest absolute Gasteiger partial charge is 0.431 e. The number of hydrogen-bond acceptors (Lipinski definition) is 6. The summed E-state index contributed by atoms with van der Waals surface area (Å²) in [7, 11) is 0. The summed E-state index contributed by atoms with van der Waals surface area (Å²) < 4.78 is 5.69. The molecule has 0 N–H and O–H groups in total. The summed E-state index contributed by atoms with van der Waals surface area (Å²) in [6.07, 6.45) is 0. The number of para-hydroxylation sites is 2. The summed E-state index contributed by atoms with van der Waals surface area (Å²) in [6, 6.07) is 17.5. The van der Waals surface area contributed by atoms with Gasteiger partial charge >= 0.3 is 0 Å². The maximum atomic E-state index is 12.9. The van der Waals surface area contributed by atoms with Crippen molar-refractivity contribution in [3.63, 3.8) is 0 Å². The Labute approximate surface area is 165 Å². The second-order valence-electron chi connectivity index (χ2n) is 5.97. The van der Waals surface area contributed by atoms with Crippen LogP contribution in [-0.2, 0) is 11.3 Å². The Kier molecular flexibility index (Phi) is 5.22. The highest BCUT2D eigenvalue weighted by molar-refractivity contribution is 7.99. The van der Waals surface area contributed by atoms with E-state index in [0.717, 1.165) is 22.4 Å². The zero-order valence-electron chi connectivity index (χ0n) is 14.7. The molecule has 0 spiro atoms. The first-order chi connectivity index (χ1) is 13.2. The molecule has 0 aliphatic rings. The van der Waals surface area contributed by atoms with E-state index in [1.807, 2.05) is 66.9 Å². The van der Waals surface area contributed by atoms with Crippen molar-refractivity contribution in [2.24, 2.45) is 0 Å². The Hall–Kier alpha value is -2.64. The van der Waals surface area contributed by atoms with Crippen LogP contribution in [0.15, 0.2) is 69.6 Å². The molecule has 0 aliphatic heterocycles. The van der Waals surface area contributed by atoms with Crippen molar-refractivity contribution < 1.29 is 9.21 Å². The Morgan fingerprint density at radius 2 is 1.89 bits per heavy atom. The van der Waals surface area contributed by atoms with Gasteiger partial charge in [-0.3, -0.25) is 9.69 Å². The summed E-state index contributed by atoms with van der Waals surface area (Å²) in [6.45, 7) is 2.42. The summed E-state index contributed by atoms with van der Waals surface area (Å²) in [5.74, 6) is 0.207. The van der Waals surface area contributed by atoms with Gasteiger partial charge < -0.3 is 4.42 Å². The monoisotopic (exact) mass is 395 g/mol. The molecule has 27 heavy (non-hydrogen) atoms. The van der Waals surface area contributed by atoms with Crippen molar-refractivity contribution in [1.29, 1.82) is 0 Å². The molecule has 7 heteroatoms. The number of carbonyl (C=O) groups excluding carboxylic acids is 1. The fourth-order valence-corrected chi connectivity index (χ4v) is 4.14. The molecule has 0 radical (unpaired) electrons. The van der Waals surface area contributed by atoms with Gasteiger partial charge in [-0.2, -0.15) is 0 Å². The lowest BCUT2D eigenvalue weighted by Crippen LogP contribution is -2.31. The predicted octanol–water partition coefficient (Wildman–Crippen LogP) is 4.92. The topological polar surface area (TPSA) is 59.2 Å². The predicted molar refractivity (Wildman–Crippen MR) is 109 cm³/mol. The lowest BCUT2D eigenvalue weighted by Gasteiger charge is -2.19. The molecule has 0 saturated carbocycles. The average Bonchev–Trinajstić information content (AvgIpc) is 3.30. The fourth-order valence-electron chi connectivity index (χ4n) is 2.61. The molecular weight excluding hydrogens is 378 g/mol. The van der Waals surface area contributed by atoms with Crippen LogP contribution in [0, 0.1) is 6.92 Å². The van der Waals surface area contributed by atoms with E-state index in [0.29, 0.717) is 16.9 Å². The SMILES string of the molecule is Cc1csc(N(Cc2ccccc2)C(=O)CSc2nc3ccccc3o2)n1. The van der Waals surface area contributed by atoms with Gasteiger partial charge in [0.15, 0.2) is 10.7 Å². The third-order valence-corrected chi connectivity index (χ3v) is 5.71. The van der Waals surface area contributed by atoms with E-state index < -0.39 is 0 Å². The standard InChI is InChI=1S/C20H17N3O2S2/c1-14-12-26-19(21-14)23(11-15-7-3-2-4-8-15)18(24)13-27-20-22-16-9-5-6-10-17(16)25-20/h2-10,12H,11,13H2,1H3. The highest BCUT2D eigenvalue weighted by Crippen LogP contribution is 2.26. The first-order valence-corrected chi connectivity index (χ1v) is 10.3. The quantitative estimate of drug-likeness (QED) is 0.434. The number of benzene rings is 2. The van der Waals surface area contributed by atoms with Crippen LogP contribution in [0.5, 0.6) is 0 Å². The van der Waals surface area contributed by atoms with Crippen LogP contribution in [0.25, 0.3) is 11.1 Å². The molecule has 5 nitrogen and oxygen atoms in total. The molecule has 2 aromatic carbocycles. The number of rotatable bonds is 6.